The molecule has 3 aromatic heterocycles. The fraction of sp³-hybridized carbons (Fsp3) is 0.136. The number of pyridine rings is 2. The summed E-state index contributed by atoms with van der Waals surface area (Å²) < 4.78 is 3.07. The summed E-state index contributed by atoms with van der Waals surface area (Å²) in [7, 11) is 1.80. The number of quaternary nitrogens is 1. The monoisotopic (exact) mass is 483 g/mol. The van der Waals surface area contributed by atoms with Crippen LogP contribution in [0, 0.1) is 5.41 Å². The van der Waals surface area contributed by atoms with Gasteiger partial charge in [0.2, 0.25) is 0 Å². The first-order valence-corrected chi connectivity index (χ1v) is 10.8. The first-order valence-electron chi connectivity index (χ1n) is 10.0. The molecule has 168 valence electrons. The van der Waals surface area contributed by atoms with Crippen LogP contribution in [-0.4, -0.2) is 30.8 Å². The molecule has 0 amide bonds. The second-order valence-corrected chi connectivity index (χ2v) is 8.04. The minimum absolute atomic E-state index is 0.257. The number of halogens is 2. The average molecular weight is 484 g/mol. The number of nitrogens with two attached hydrogens (primary N) is 1. The molecule has 0 unspecified atom stereocenters. The van der Waals surface area contributed by atoms with Crippen LogP contribution < -0.4 is 16.2 Å². The van der Waals surface area contributed by atoms with Crippen LogP contribution in [0.5, 0.6) is 0 Å². The van der Waals surface area contributed by atoms with Gasteiger partial charge in [-0.05, 0) is 6.07 Å². The van der Waals surface area contributed by atoms with Crippen LogP contribution in [0.4, 0.5) is 11.5 Å². The first kappa shape index (κ1) is 22.7. The maximum atomic E-state index is 13.2. The third-order valence-electron chi connectivity index (χ3n) is 5.16. The van der Waals surface area contributed by atoms with Crippen LogP contribution in [-0.2, 0) is 20.1 Å². The fourth-order valence-corrected chi connectivity index (χ4v) is 3.73. The van der Waals surface area contributed by atoms with Gasteiger partial charge in [0.15, 0.2) is 0 Å². The maximum absolute atomic E-state index is 13.2. The number of aryl methyl sites for hydroxylation is 1. The highest BCUT2D eigenvalue weighted by Gasteiger charge is 2.16. The van der Waals surface area contributed by atoms with Crippen molar-refractivity contribution in [1.29, 1.82) is 5.41 Å². The minimum Gasteiger partial charge on any atom is -0.364 e. The number of anilines is 1. The van der Waals surface area contributed by atoms with E-state index in [4.69, 9.17) is 28.6 Å². The van der Waals surface area contributed by atoms with Crippen LogP contribution in [0.3, 0.4) is 0 Å². The predicted octanol–water partition coefficient (Wildman–Crippen LogP) is 2.67. The lowest BCUT2D eigenvalue weighted by Gasteiger charge is -2.13. The summed E-state index contributed by atoms with van der Waals surface area (Å²) in [4.78, 5) is 17.5. The van der Waals surface area contributed by atoms with Crippen molar-refractivity contribution < 1.29 is 5.32 Å². The summed E-state index contributed by atoms with van der Waals surface area (Å²) in [5, 5.41) is 21.6. The zero-order valence-electron chi connectivity index (χ0n) is 17.7. The third-order valence-corrected chi connectivity index (χ3v) is 5.82. The maximum Gasteiger partial charge on any atom is 0.270 e. The molecule has 0 bridgehead atoms. The van der Waals surface area contributed by atoms with Crippen molar-refractivity contribution >= 4 is 40.9 Å². The summed E-state index contributed by atoms with van der Waals surface area (Å²) in [6.07, 6.45) is 5.84. The number of hydrogen-bond donors (Lipinski definition) is 3. The molecule has 1 aromatic carbocycles. The topological polar surface area (TPSA) is 118 Å². The molecule has 0 atom stereocenters. The zero-order chi connectivity index (χ0) is 23.4. The lowest BCUT2D eigenvalue weighted by molar-refractivity contribution is -0.588. The highest BCUT2D eigenvalue weighted by atomic mass is 35.5. The fourth-order valence-electron chi connectivity index (χ4n) is 3.32. The van der Waals surface area contributed by atoms with Gasteiger partial charge in [-0.3, -0.25) is 14.0 Å². The molecule has 33 heavy (non-hydrogen) atoms. The Kier molecular flexibility index (Phi) is 6.83. The van der Waals surface area contributed by atoms with Gasteiger partial charge in [0.05, 0.1) is 35.3 Å². The van der Waals surface area contributed by atoms with Crippen LogP contribution in [0.15, 0.2) is 59.8 Å². The van der Waals surface area contributed by atoms with E-state index in [1.165, 1.54) is 10.8 Å². The van der Waals surface area contributed by atoms with E-state index in [9.17, 15) is 4.79 Å². The van der Waals surface area contributed by atoms with Crippen molar-refractivity contribution in [2.45, 2.75) is 13.1 Å². The number of rotatable bonds is 8. The Morgan fingerprint density at radius 3 is 2.73 bits per heavy atom. The molecule has 0 radical (unpaired) electrons. The second kappa shape index (κ2) is 9.95. The van der Waals surface area contributed by atoms with Gasteiger partial charge in [-0.2, -0.15) is 0 Å². The van der Waals surface area contributed by atoms with Crippen molar-refractivity contribution in [2.75, 3.05) is 5.32 Å². The third kappa shape index (κ3) is 4.95. The molecule has 0 aliphatic heterocycles. The van der Waals surface area contributed by atoms with Crippen LogP contribution in [0.2, 0.25) is 10.0 Å². The van der Waals surface area contributed by atoms with Crippen molar-refractivity contribution in [2.24, 2.45) is 7.05 Å². The van der Waals surface area contributed by atoms with Crippen molar-refractivity contribution in [3.63, 3.8) is 0 Å². The van der Waals surface area contributed by atoms with E-state index in [0.717, 1.165) is 17.5 Å². The number of aromatic nitrogens is 5. The second-order valence-electron chi connectivity index (χ2n) is 7.23. The molecule has 0 spiro atoms. The van der Waals surface area contributed by atoms with E-state index in [-0.39, 0.29) is 11.1 Å². The van der Waals surface area contributed by atoms with Gasteiger partial charge in [-0.1, -0.05) is 46.6 Å². The Morgan fingerprint density at radius 2 is 2.00 bits per heavy atom. The Balaban J connectivity index is 1.61. The molecule has 0 aliphatic rings. The molecule has 3 heterocycles. The van der Waals surface area contributed by atoms with E-state index < -0.39 is 0 Å². The Morgan fingerprint density at radius 1 is 1.18 bits per heavy atom. The van der Waals surface area contributed by atoms with Gasteiger partial charge in [0.25, 0.3) is 5.56 Å². The molecule has 4 aromatic rings. The predicted molar refractivity (Wildman–Crippen MR) is 128 cm³/mol. The quantitative estimate of drug-likeness (QED) is 0.333. The van der Waals surface area contributed by atoms with E-state index in [2.05, 4.69) is 20.6 Å². The van der Waals surface area contributed by atoms with Crippen LogP contribution in [0.1, 0.15) is 16.8 Å². The van der Waals surface area contributed by atoms with Crippen LogP contribution in [0.25, 0.3) is 5.69 Å². The highest BCUT2D eigenvalue weighted by molar-refractivity contribution is 6.32. The number of hydrogen-bond acceptors (Lipinski definition) is 6. The molecule has 4 rings (SSSR count). The van der Waals surface area contributed by atoms with Gasteiger partial charge >= 0.3 is 0 Å². The van der Waals surface area contributed by atoms with Gasteiger partial charge in [-0.25, -0.2) is 4.98 Å². The standard InChI is InChI=1S/C22H20Cl2N8O/c1-31-15(12-29-30-31)11-27-21-8-20(18(24)13-28-21)32-7-6-19(16(9-25)22(32)33)26-10-14-4-2-3-5-17(14)23/h2-9,12-13,25-26H,10-11H2,1H3,(H,27,28)/p+1. The van der Waals surface area contributed by atoms with Crippen molar-refractivity contribution in [3.8, 4) is 5.69 Å². The SMILES string of the molecule is Cn1nncc1CNc1cc(-n2ccc([NH2+]Cc3ccccc3Cl)c(C=N)c2=O)c(Cl)cn1. The summed E-state index contributed by atoms with van der Waals surface area (Å²) in [6, 6.07) is 11.0. The highest BCUT2D eigenvalue weighted by Crippen LogP contribution is 2.22. The summed E-state index contributed by atoms with van der Waals surface area (Å²) in [5.41, 5.74) is 2.83. The zero-order valence-corrected chi connectivity index (χ0v) is 19.2. The smallest absolute Gasteiger partial charge is 0.270 e. The lowest BCUT2D eigenvalue weighted by Crippen LogP contribution is -2.77. The molecule has 11 heteroatoms. The molecule has 0 fully saturated rings. The first-order chi connectivity index (χ1) is 16.0. The molecular formula is C22H21Cl2N8O+. The molecule has 0 aliphatic carbocycles. The van der Waals surface area contributed by atoms with Gasteiger partial charge < -0.3 is 16.0 Å². The Hall–Kier alpha value is -3.53. The van der Waals surface area contributed by atoms with Gasteiger partial charge in [-0.15, -0.1) is 5.10 Å². The van der Waals surface area contributed by atoms with Crippen molar-refractivity contribution in [1.82, 2.24) is 24.5 Å². The van der Waals surface area contributed by atoms with E-state index in [1.54, 1.807) is 36.3 Å². The van der Waals surface area contributed by atoms with Gasteiger partial charge in [0.1, 0.15) is 23.6 Å². The number of nitrogens with zero attached hydrogens (tertiary/aromatic N) is 5. The minimum atomic E-state index is -0.354. The van der Waals surface area contributed by atoms with Crippen molar-refractivity contribution in [3.05, 3.63) is 92.2 Å². The molecule has 4 N–H and O–H groups in total. The lowest BCUT2D eigenvalue weighted by atomic mass is 10.2. The number of nitrogens with one attached hydrogen (secondary N) is 2. The summed E-state index contributed by atoms with van der Waals surface area (Å²) >= 11 is 12.6. The molecule has 0 saturated carbocycles. The van der Waals surface area contributed by atoms with E-state index in [1.807, 2.05) is 29.6 Å². The van der Waals surface area contributed by atoms with E-state index >= 15 is 0 Å². The Bertz CT molecular complexity index is 1360. The molecule has 0 saturated heterocycles. The molecular weight excluding hydrogens is 463 g/mol. The summed E-state index contributed by atoms with van der Waals surface area (Å²) in [6.45, 7) is 0.991. The molecule has 9 nitrogen and oxygen atoms in total. The number of benzene rings is 1. The largest absolute Gasteiger partial charge is 0.364 e. The van der Waals surface area contributed by atoms with Crippen LogP contribution >= 0.6 is 23.2 Å². The normalized spacial score (nSPS) is 10.9. The van der Waals surface area contributed by atoms with Gasteiger partial charge in [0, 0.05) is 42.2 Å². The average Bonchev–Trinajstić information content (AvgIpc) is 3.23. The Labute approximate surface area is 199 Å². The van der Waals surface area contributed by atoms with E-state index in [0.29, 0.717) is 40.3 Å². The summed E-state index contributed by atoms with van der Waals surface area (Å²) in [5.74, 6) is 0.535.